The molecular weight excluding hydrogens is 385 g/mol. The standard InChI is InChI=1S/C21H27F3N2O3/c1-13(2)11-17(27)26-9-7-21(8-10-26)6-5-14(29-21)12-25-20(28)18-15(22)3-4-16(23)19(18)24/h3-4,13-14H,5-12H2,1-2H3,(H,25,28)/t14-/m0/s1. The molecule has 2 heterocycles. The Morgan fingerprint density at radius 1 is 1.17 bits per heavy atom. The van der Waals surface area contributed by atoms with Gasteiger partial charge in [-0.05, 0) is 43.7 Å². The zero-order chi connectivity index (χ0) is 21.2. The van der Waals surface area contributed by atoms with Gasteiger partial charge in [0.15, 0.2) is 11.6 Å². The van der Waals surface area contributed by atoms with E-state index in [-0.39, 0.29) is 24.2 Å². The predicted molar refractivity (Wildman–Crippen MR) is 101 cm³/mol. The molecule has 0 aliphatic carbocycles. The van der Waals surface area contributed by atoms with E-state index < -0.39 is 28.9 Å². The third-order valence-corrected chi connectivity index (χ3v) is 5.71. The zero-order valence-corrected chi connectivity index (χ0v) is 16.8. The summed E-state index contributed by atoms with van der Waals surface area (Å²) in [7, 11) is 0. The van der Waals surface area contributed by atoms with Gasteiger partial charge in [-0.15, -0.1) is 0 Å². The molecule has 0 bridgehead atoms. The Morgan fingerprint density at radius 2 is 1.83 bits per heavy atom. The summed E-state index contributed by atoms with van der Waals surface area (Å²) in [6.07, 6.45) is 3.23. The molecule has 0 aromatic heterocycles. The second kappa shape index (κ2) is 8.73. The van der Waals surface area contributed by atoms with Crippen molar-refractivity contribution in [2.75, 3.05) is 19.6 Å². The molecule has 1 spiro atoms. The van der Waals surface area contributed by atoms with Gasteiger partial charge >= 0.3 is 0 Å². The van der Waals surface area contributed by atoms with E-state index in [0.29, 0.717) is 37.9 Å². The van der Waals surface area contributed by atoms with Crippen LogP contribution in [-0.2, 0) is 9.53 Å². The van der Waals surface area contributed by atoms with E-state index in [1.807, 2.05) is 18.7 Å². The lowest BCUT2D eigenvalue weighted by Crippen LogP contribution is -2.47. The molecule has 0 saturated carbocycles. The van der Waals surface area contributed by atoms with Crippen molar-refractivity contribution in [3.63, 3.8) is 0 Å². The lowest BCUT2D eigenvalue weighted by Gasteiger charge is -2.39. The number of carbonyl (C=O) groups is 2. The second-order valence-corrected chi connectivity index (χ2v) is 8.37. The number of carbonyl (C=O) groups excluding carboxylic acids is 2. The van der Waals surface area contributed by atoms with Crippen molar-refractivity contribution >= 4 is 11.8 Å². The molecule has 1 aromatic carbocycles. The minimum atomic E-state index is -1.50. The maximum absolute atomic E-state index is 13.7. The fraction of sp³-hybridized carbons (Fsp3) is 0.619. The fourth-order valence-corrected chi connectivity index (χ4v) is 4.08. The SMILES string of the molecule is CC(C)CC(=O)N1CCC2(CC[C@@H](CNC(=O)c3c(F)ccc(F)c3F)O2)CC1. The number of ether oxygens (including phenoxy) is 1. The molecule has 1 N–H and O–H groups in total. The van der Waals surface area contributed by atoms with Crippen molar-refractivity contribution in [1.29, 1.82) is 0 Å². The Hall–Kier alpha value is -2.09. The van der Waals surface area contributed by atoms with Crippen LogP contribution in [0, 0.1) is 23.4 Å². The number of nitrogens with zero attached hydrogens (tertiary/aromatic N) is 1. The number of piperidine rings is 1. The molecule has 1 atom stereocenters. The smallest absolute Gasteiger partial charge is 0.257 e. The van der Waals surface area contributed by atoms with Crippen LogP contribution in [0.25, 0.3) is 0 Å². The summed E-state index contributed by atoms with van der Waals surface area (Å²) in [5.74, 6) is -4.39. The quantitative estimate of drug-likeness (QED) is 0.754. The van der Waals surface area contributed by atoms with E-state index in [2.05, 4.69) is 5.32 Å². The highest BCUT2D eigenvalue weighted by Crippen LogP contribution is 2.39. The molecule has 2 amide bonds. The van der Waals surface area contributed by atoms with E-state index >= 15 is 0 Å². The predicted octanol–water partition coefficient (Wildman–Crippen LogP) is 3.42. The Kier molecular flexibility index (Phi) is 6.51. The van der Waals surface area contributed by atoms with Crippen molar-refractivity contribution in [3.05, 3.63) is 35.1 Å². The van der Waals surface area contributed by atoms with Gasteiger partial charge in [-0.2, -0.15) is 0 Å². The Balaban J connectivity index is 1.50. The summed E-state index contributed by atoms with van der Waals surface area (Å²) < 4.78 is 46.9. The van der Waals surface area contributed by atoms with Crippen molar-refractivity contribution in [1.82, 2.24) is 10.2 Å². The number of likely N-dealkylation sites (tertiary alicyclic amines) is 1. The molecule has 2 aliphatic heterocycles. The van der Waals surface area contributed by atoms with Gasteiger partial charge < -0.3 is 15.0 Å². The lowest BCUT2D eigenvalue weighted by molar-refractivity contribution is -0.138. The Labute approximate surface area is 168 Å². The molecule has 5 nitrogen and oxygen atoms in total. The van der Waals surface area contributed by atoms with E-state index in [9.17, 15) is 22.8 Å². The summed E-state index contributed by atoms with van der Waals surface area (Å²) in [6, 6.07) is 1.37. The maximum Gasteiger partial charge on any atom is 0.257 e. The van der Waals surface area contributed by atoms with Crippen molar-refractivity contribution in [2.45, 2.75) is 57.7 Å². The molecular formula is C21H27F3N2O3. The topological polar surface area (TPSA) is 58.6 Å². The molecule has 1 aromatic rings. The van der Waals surface area contributed by atoms with Crippen molar-refractivity contribution < 1.29 is 27.5 Å². The summed E-state index contributed by atoms with van der Waals surface area (Å²) in [5, 5.41) is 2.45. The lowest BCUT2D eigenvalue weighted by atomic mass is 9.88. The van der Waals surface area contributed by atoms with Gasteiger partial charge in [0.05, 0.1) is 11.7 Å². The van der Waals surface area contributed by atoms with Crippen LogP contribution < -0.4 is 5.32 Å². The first-order valence-electron chi connectivity index (χ1n) is 10.1. The van der Waals surface area contributed by atoms with Gasteiger partial charge in [0.2, 0.25) is 5.91 Å². The van der Waals surface area contributed by atoms with Crippen molar-refractivity contribution in [3.8, 4) is 0 Å². The minimum absolute atomic E-state index is 0.0893. The third-order valence-electron chi connectivity index (χ3n) is 5.71. The van der Waals surface area contributed by atoms with Crippen LogP contribution in [0.2, 0.25) is 0 Å². The molecule has 29 heavy (non-hydrogen) atoms. The normalized spacial score (nSPS) is 21.0. The van der Waals surface area contributed by atoms with Gasteiger partial charge in [-0.3, -0.25) is 9.59 Å². The highest BCUT2D eigenvalue weighted by molar-refractivity contribution is 5.94. The van der Waals surface area contributed by atoms with Gasteiger partial charge in [0.1, 0.15) is 11.4 Å². The van der Waals surface area contributed by atoms with E-state index in [4.69, 9.17) is 4.74 Å². The molecule has 0 radical (unpaired) electrons. The van der Waals surface area contributed by atoms with Gasteiger partial charge in [0.25, 0.3) is 5.91 Å². The largest absolute Gasteiger partial charge is 0.370 e. The minimum Gasteiger partial charge on any atom is -0.370 e. The number of halogens is 3. The van der Waals surface area contributed by atoms with Crippen LogP contribution in [0.15, 0.2) is 12.1 Å². The number of amides is 2. The maximum atomic E-state index is 13.7. The summed E-state index contributed by atoms with van der Waals surface area (Å²) >= 11 is 0. The summed E-state index contributed by atoms with van der Waals surface area (Å²) in [5.41, 5.74) is -1.24. The van der Waals surface area contributed by atoms with Gasteiger partial charge in [-0.1, -0.05) is 13.8 Å². The molecule has 2 fully saturated rings. The average Bonchev–Trinajstić information content (AvgIpc) is 3.06. The second-order valence-electron chi connectivity index (χ2n) is 8.37. The number of hydrogen-bond acceptors (Lipinski definition) is 3. The third kappa shape index (κ3) is 4.91. The van der Waals surface area contributed by atoms with E-state index in [1.165, 1.54) is 0 Å². The molecule has 3 rings (SSSR count). The summed E-state index contributed by atoms with van der Waals surface area (Å²) in [4.78, 5) is 26.2. The first-order valence-corrected chi connectivity index (χ1v) is 10.1. The van der Waals surface area contributed by atoms with Gasteiger partial charge in [-0.25, -0.2) is 13.2 Å². The van der Waals surface area contributed by atoms with Crippen LogP contribution in [0.5, 0.6) is 0 Å². The Bertz CT molecular complexity index is 777. The molecule has 2 aliphatic rings. The molecule has 160 valence electrons. The first-order chi connectivity index (χ1) is 13.7. The Morgan fingerprint density at radius 3 is 2.48 bits per heavy atom. The van der Waals surface area contributed by atoms with Crippen molar-refractivity contribution in [2.24, 2.45) is 5.92 Å². The average molecular weight is 412 g/mol. The first kappa shape index (κ1) is 21.6. The fourth-order valence-electron chi connectivity index (χ4n) is 4.08. The van der Waals surface area contributed by atoms with Gasteiger partial charge in [0, 0.05) is 26.1 Å². The van der Waals surface area contributed by atoms with Crippen LogP contribution in [0.3, 0.4) is 0 Å². The highest BCUT2D eigenvalue weighted by Gasteiger charge is 2.43. The number of nitrogens with one attached hydrogen (secondary N) is 1. The summed E-state index contributed by atoms with van der Waals surface area (Å²) in [6.45, 7) is 5.41. The van der Waals surface area contributed by atoms with Crippen LogP contribution in [0.1, 0.15) is 56.3 Å². The van der Waals surface area contributed by atoms with Crippen LogP contribution >= 0.6 is 0 Å². The van der Waals surface area contributed by atoms with Crippen LogP contribution in [-0.4, -0.2) is 48.1 Å². The number of rotatable bonds is 5. The zero-order valence-electron chi connectivity index (χ0n) is 16.8. The molecule has 2 saturated heterocycles. The number of hydrogen-bond donors (Lipinski definition) is 1. The number of benzene rings is 1. The van der Waals surface area contributed by atoms with E-state index in [1.54, 1.807) is 0 Å². The van der Waals surface area contributed by atoms with Crippen LogP contribution in [0.4, 0.5) is 13.2 Å². The highest BCUT2D eigenvalue weighted by atomic mass is 19.2. The molecule has 0 unspecified atom stereocenters. The monoisotopic (exact) mass is 412 g/mol. The molecule has 8 heteroatoms. The van der Waals surface area contributed by atoms with E-state index in [0.717, 1.165) is 25.3 Å².